The summed E-state index contributed by atoms with van der Waals surface area (Å²) >= 11 is 0. The van der Waals surface area contributed by atoms with Crippen LogP contribution in [0.15, 0.2) is 78.9 Å². The minimum absolute atomic E-state index is 0.200. The highest BCUT2D eigenvalue weighted by molar-refractivity contribution is 5.94. The lowest BCUT2D eigenvalue weighted by molar-refractivity contribution is 0.0742. The van der Waals surface area contributed by atoms with Gasteiger partial charge < -0.3 is 9.64 Å². The Balaban J connectivity index is 1.78. The molecule has 1 aromatic heterocycles. The molecule has 35 heavy (non-hydrogen) atoms. The first-order valence-corrected chi connectivity index (χ1v) is 11.6. The fourth-order valence-corrected chi connectivity index (χ4v) is 3.87. The topological polar surface area (TPSA) is 47.4 Å². The first kappa shape index (κ1) is 24.1. The Labute approximate surface area is 203 Å². The second-order valence-corrected chi connectivity index (χ2v) is 8.12. The summed E-state index contributed by atoms with van der Waals surface area (Å²) in [6.07, 6.45) is 1.36. The molecule has 5 nitrogen and oxygen atoms in total. The molecule has 0 unspecified atom stereocenters. The van der Waals surface area contributed by atoms with Crippen LogP contribution in [0.5, 0.6) is 11.6 Å². The van der Waals surface area contributed by atoms with Crippen molar-refractivity contribution >= 4 is 5.91 Å². The van der Waals surface area contributed by atoms with E-state index in [0.29, 0.717) is 35.8 Å². The maximum Gasteiger partial charge on any atom is 0.254 e. The molecule has 4 aromatic rings. The summed E-state index contributed by atoms with van der Waals surface area (Å²) in [7, 11) is 0. The summed E-state index contributed by atoms with van der Waals surface area (Å²) in [6, 6.07) is 20.9. The van der Waals surface area contributed by atoms with Crippen molar-refractivity contribution in [2.75, 3.05) is 6.54 Å². The molecule has 180 valence electrons. The molecule has 1 heterocycles. The standard InChI is InChI=1S/C28H27F2N3O2/c1-3-18-32(27(34)20-10-12-21(29)13-11-20)19-25-26(4-2)31-33(23-16-14-22(30)15-17-23)28(25)35-24-8-6-5-7-9-24/h5-17H,3-4,18-19H2,1-2H3. The zero-order valence-corrected chi connectivity index (χ0v) is 19.7. The smallest absolute Gasteiger partial charge is 0.254 e. The van der Waals surface area contributed by atoms with Crippen molar-refractivity contribution in [1.82, 2.24) is 14.7 Å². The predicted octanol–water partition coefficient (Wildman–Crippen LogP) is 6.56. The summed E-state index contributed by atoms with van der Waals surface area (Å²) in [5.74, 6) is 0.144. The summed E-state index contributed by atoms with van der Waals surface area (Å²) in [5, 5.41) is 4.76. The normalized spacial score (nSPS) is 10.9. The van der Waals surface area contributed by atoms with Crippen LogP contribution in [0, 0.1) is 11.6 Å². The minimum atomic E-state index is -0.393. The number of aromatic nitrogens is 2. The van der Waals surface area contributed by atoms with Crippen LogP contribution in [0.4, 0.5) is 8.78 Å². The van der Waals surface area contributed by atoms with E-state index in [2.05, 4.69) is 0 Å². The summed E-state index contributed by atoms with van der Waals surface area (Å²) in [5.41, 5.74) is 2.59. The molecule has 3 aromatic carbocycles. The number of amides is 1. The molecule has 0 N–H and O–H groups in total. The highest BCUT2D eigenvalue weighted by Gasteiger charge is 2.25. The molecule has 0 saturated carbocycles. The van der Waals surface area contributed by atoms with Crippen molar-refractivity contribution < 1.29 is 18.3 Å². The van der Waals surface area contributed by atoms with Gasteiger partial charge in [-0.05, 0) is 73.5 Å². The molecule has 0 atom stereocenters. The number of halogens is 2. The van der Waals surface area contributed by atoms with Crippen LogP contribution in [0.1, 0.15) is 41.9 Å². The fourth-order valence-electron chi connectivity index (χ4n) is 3.87. The number of hydrogen-bond acceptors (Lipinski definition) is 3. The maximum atomic E-state index is 13.6. The van der Waals surface area contributed by atoms with Crippen LogP contribution >= 0.6 is 0 Å². The molecule has 0 aliphatic heterocycles. The van der Waals surface area contributed by atoms with Crippen LogP contribution in [-0.4, -0.2) is 27.1 Å². The lowest BCUT2D eigenvalue weighted by Crippen LogP contribution is -2.31. The molecule has 0 bridgehead atoms. The molecule has 0 spiro atoms. The first-order valence-electron chi connectivity index (χ1n) is 11.6. The molecule has 4 rings (SSSR count). The predicted molar refractivity (Wildman–Crippen MR) is 131 cm³/mol. The van der Waals surface area contributed by atoms with Crippen molar-refractivity contribution in [2.45, 2.75) is 33.2 Å². The second kappa shape index (κ2) is 11.0. The van der Waals surface area contributed by atoms with Crippen LogP contribution in [0.25, 0.3) is 5.69 Å². The third kappa shape index (κ3) is 5.57. The molecule has 0 aliphatic carbocycles. The van der Waals surface area contributed by atoms with E-state index in [1.54, 1.807) is 21.7 Å². The van der Waals surface area contributed by atoms with Gasteiger partial charge in [-0.25, -0.2) is 13.5 Å². The van der Waals surface area contributed by atoms with Crippen molar-refractivity contribution in [1.29, 1.82) is 0 Å². The van der Waals surface area contributed by atoms with Crippen molar-refractivity contribution in [3.8, 4) is 17.3 Å². The highest BCUT2D eigenvalue weighted by atomic mass is 19.1. The average molecular weight is 476 g/mol. The lowest BCUT2D eigenvalue weighted by Gasteiger charge is -2.23. The van der Waals surface area contributed by atoms with Crippen molar-refractivity contribution in [3.05, 3.63) is 107 Å². The van der Waals surface area contributed by atoms with E-state index in [1.165, 1.54) is 36.4 Å². The van der Waals surface area contributed by atoms with Gasteiger partial charge in [-0.2, -0.15) is 5.10 Å². The number of nitrogens with zero attached hydrogens (tertiary/aromatic N) is 3. The zero-order valence-electron chi connectivity index (χ0n) is 19.7. The highest BCUT2D eigenvalue weighted by Crippen LogP contribution is 2.32. The first-order chi connectivity index (χ1) is 17.0. The van der Waals surface area contributed by atoms with E-state index in [-0.39, 0.29) is 18.3 Å². The van der Waals surface area contributed by atoms with Gasteiger partial charge in [0.15, 0.2) is 0 Å². The SMILES string of the molecule is CCCN(Cc1c(CC)nn(-c2ccc(F)cc2)c1Oc1ccccc1)C(=O)c1ccc(F)cc1. The van der Waals surface area contributed by atoms with Crippen molar-refractivity contribution in [3.63, 3.8) is 0 Å². The Hall–Kier alpha value is -4.00. The van der Waals surface area contributed by atoms with Gasteiger partial charge in [0.25, 0.3) is 5.91 Å². The molecule has 0 saturated heterocycles. The van der Waals surface area contributed by atoms with E-state index in [0.717, 1.165) is 17.7 Å². The molecule has 0 radical (unpaired) electrons. The third-order valence-electron chi connectivity index (χ3n) is 5.60. The number of benzene rings is 3. The summed E-state index contributed by atoms with van der Waals surface area (Å²) in [4.78, 5) is 15.0. The van der Waals surface area contributed by atoms with Crippen molar-refractivity contribution in [2.24, 2.45) is 0 Å². The molecular formula is C28H27F2N3O2. The van der Waals surface area contributed by atoms with Gasteiger partial charge in [0.1, 0.15) is 17.4 Å². The van der Waals surface area contributed by atoms with E-state index >= 15 is 0 Å². The largest absolute Gasteiger partial charge is 0.439 e. The Morgan fingerprint density at radius 1 is 0.914 bits per heavy atom. The molecule has 0 fully saturated rings. The number of rotatable bonds is 9. The molecule has 7 heteroatoms. The number of carbonyl (C=O) groups is 1. The van der Waals surface area contributed by atoms with Gasteiger partial charge in [-0.1, -0.05) is 32.0 Å². The monoisotopic (exact) mass is 475 g/mol. The van der Waals surface area contributed by atoms with Crippen LogP contribution < -0.4 is 4.74 Å². The maximum absolute atomic E-state index is 13.6. The Morgan fingerprint density at radius 3 is 2.14 bits per heavy atom. The van der Waals surface area contributed by atoms with E-state index in [1.807, 2.05) is 44.2 Å². The number of ether oxygens (including phenoxy) is 1. The molecule has 0 aliphatic rings. The summed E-state index contributed by atoms with van der Waals surface area (Å²) in [6.45, 7) is 4.75. The van der Waals surface area contributed by atoms with Gasteiger partial charge in [0.2, 0.25) is 5.88 Å². The second-order valence-electron chi connectivity index (χ2n) is 8.12. The van der Waals surface area contributed by atoms with E-state index in [4.69, 9.17) is 9.84 Å². The van der Waals surface area contributed by atoms with Gasteiger partial charge in [0, 0.05) is 12.1 Å². The van der Waals surface area contributed by atoms with Gasteiger partial charge in [0.05, 0.1) is 23.5 Å². The minimum Gasteiger partial charge on any atom is -0.439 e. The summed E-state index contributed by atoms with van der Waals surface area (Å²) < 4.78 is 35.0. The fraction of sp³-hybridized carbons (Fsp3) is 0.214. The van der Waals surface area contributed by atoms with E-state index in [9.17, 15) is 13.6 Å². The quantitative estimate of drug-likeness (QED) is 0.276. The van der Waals surface area contributed by atoms with Crippen LogP contribution in [0.3, 0.4) is 0 Å². The van der Waals surface area contributed by atoms with E-state index < -0.39 is 5.82 Å². The molecular weight excluding hydrogens is 448 g/mol. The van der Waals surface area contributed by atoms with Gasteiger partial charge in [-0.15, -0.1) is 0 Å². The van der Waals surface area contributed by atoms with Gasteiger partial charge in [-0.3, -0.25) is 4.79 Å². The third-order valence-corrected chi connectivity index (χ3v) is 5.60. The van der Waals surface area contributed by atoms with Crippen LogP contribution in [0.2, 0.25) is 0 Å². The Bertz CT molecular complexity index is 1270. The number of aryl methyl sites for hydroxylation is 1. The lowest BCUT2D eigenvalue weighted by atomic mass is 10.1. The number of para-hydroxylation sites is 1. The average Bonchev–Trinajstić information content (AvgIpc) is 3.21. The number of carbonyl (C=O) groups excluding carboxylic acids is 1. The number of hydrogen-bond donors (Lipinski definition) is 0. The van der Waals surface area contributed by atoms with Gasteiger partial charge >= 0.3 is 0 Å². The molecule has 1 amide bonds. The Morgan fingerprint density at radius 2 is 1.54 bits per heavy atom. The Kier molecular flexibility index (Phi) is 7.55. The van der Waals surface area contributed by atoms with Crippen LogP contribution in [-0.2, 0) is 13.0 Å². The zero-order chi connectivity index (χ0) is 24.8.